The highest BCUT2D eigenvalue weighted by molar-refractivity contribution is 7.84. The van der Waals surface area contributed by atoms with Crippen molar-refractivity contribution in [2.24, 2.45) is 0 Å². The maximum atomic E-state index is 10.9. The SMILES string of the molecule is CS(=O)CCCNc1nc(Cl)nc(-n2cccn2)n1. The van der Waals surface area contributed by atoms with Gasteiger partial charge in [0.2, 0.25) is 11.2 Å². The van der Waals surface area contributed by atoms with Gasteiger partial charge >= 0.3 is 0 Å². The monoisotopic (exact) mass is 300 g/mol. The minimum Gasteiger partial charge on any atom is -0.354 e. The molecule has 0 amide bonds. The van der Waals surface area contributed by atoms with Gasteiger partial charge in [0, 0.05) is 41.7 Å². The second kappa shape index (κ2) is 6.58. The third-order valence-electron chi connectivity index (χ3n) is 2.20. The van der Waals surface area contributed by atoms with Crippen molar-refractivity contribution in [2.75, 3.05) is 23.9 Å². The highest BCUT2D eigenvalue weighted by Crippen LogP contribution is 2.08. The number of nitrogens with zero attached hydrogens (tertiary/aromatic N) is 5. The third-order valence-corrected chi connectivity index (χ3v) is 3.23. The van der Waals surface area contributed by atoms with Crippen molar-refractivity contribution < 1.29 is 4.21 Å². The van der Waals surface area contributed by atoms with Crippen molar-refractivity contribution in [1.82, 2.24) is 24.7 Å². The van der Waals surface area contributed by atoms with Gasteiger partial charge in [0.15, 0.2) is 0 Å². The first-order chi connectivity index (χ1) is 9.15. The Morgan fingerprint density at radius 1 is 1.42 bits per heavy atom. The van der Waals surface area contributed by atoms with E-state index in [2.05, 4.69) is 25.4 Å². The van der Waals surface area contributed by atoms with Gasteiger partial charge in [0.1, 0.15) is 0 Å². The molecule has 0 aliphatic heterocycles. The quantitative estimate of drug-likeness (QED) is 0.798. The fourth-order valence-corrected chi connectivity index (χ4v) is 2.09. The van der Waals surface area contributed by atoms with Crippen LogP contribution in [0, 0.1) is 0 Å². The lowest BCUT2D eigenvalue weighted by Gasteiger charge is -2.06. The van der Waals surface area contributed by atoms with Gasteiger partial charge in [0.05, 0.1) is 0 Å². The van der Waals surface area contributed by atoms with Gasteiger partial charge in [-0.05, 0) is 24.1 Å². The van der Waals surface area contributed by atoms with E-state index >= 15 is 0 Å². The van der Waals surface area contributed by atoms with E-state index in [1.807, 2.05) is 0 Å². The molecule has 0 saturated carbocycles. The molecule has 19 heavy (non-hydrogen) atoms. The zero-order valence-corrected chi connectivity index (χ0v) is 11.9. The maximum absolute atomic E-state index is 10.9. The summed E-state index contributed by atoms with van der Waals surface area (Å²) in [6, 6.07) is 1.77. The summed E-state index contributed by atoms with van der Waals surface area (Å²) in [5, 5.41) is 7.15. The first-order valence-electron chi connectivity index (χ1n) is 5.60. The number of anilines is 1. The molecule has 1 unspecified atom stereocenters. The lowest BCUT2D eigenvalue weighted by molar-refractivity contribution is 0.685. The highest BCUT2D eigenvalue weighted by Gasteiger charge is 2.06. The van der Waals surface area contributed by atoms with Crippen LogP contribution >= 0.6 is 11.6 Å². The van der Waals surface area contributed by atoms with Crippen molar-refractivity contribution in [3.05, 3.63) is 23.7 Å². The predicted molar refractivity (Wildman–Crippen MR) is 74.0 cm³/mol. The van der Waals surface area contributed by atoms with Crippen LogP contribution in [-0.2, 0) is 10.8 Å². The van der Waals surface area contributed by atoms with Gasteiger partial charge < -0.3 is 5.32 Å². The van der Waals surface area contributed by atoms with Crippen LogP contribution in [0.25, 0.3) is 5.95 Å². The van der Waals surface area contributed by atoms with E-state index in [9.17, 15) is 4.21 Å². The zero-order valence-electron chi connectivity index (χ0n) is 10.3. The smallest absolute Gasteiger partial charge is 0.256 e. The van der Waals surface area contributed by atoms with E-state index in [1.54, 1.807) is 24.7 Å². The normalized spacial score (nSPS) is 12.3. The summed E-state index contributed by atoms with van der Waals surface area (Å²) in [7, 11) is -0.790. The fraction of sp³-hybridized carbons (Fsp3) is 0.400. The molecule has 1 atom stereocenters. The first-order valence-corrected chi connectivity index (χ1v) is 7.71. The summed E-state index contributed by atoms with van der Waals surface area (Å²) in [5.41, 5.74) is 0. The molecule has 9 heteroatoms. The molecule has 0 aliphatic rings. The second-order valence-corrected chi connectivity index (χ2v) is 5.63. The Labute approximate surface area is 117 Å². The summed E-state index contributed by atoms with van der Waals surface area (Å²) in [6.07, 6.45) is 5.79. The van der Waals surface area contributed by atoms with Crippen LogP contribution in [0.2, 0.25) is 5.28 Å². The second-order valence-electron chi connectivity index (χ2n) is 3.74. The number of aromatic nitrogens is 5. The minimum atomic E-state index is -0.790. The van der Waals surface area contributed by atoms with E-state index in [1.165, 1.54) is 4.68 Å². The Balaban J connectivity index is 2.03. The van der Waals surface area contributed by atoms with E-state index in [-0.39, 0.29) is 5.28 Å². The molecule has 0 saturated heterocycles. The molecule has 7 nitrogen and oxygen atoms in total. The molecule has 0 bridgehead atoms. The van der Waals surface area contributed by atoms with Crippen LogP contribution < -0.4 is 5.32 Å². The summed E-state index contributed by atoms with van der Waals surface area (Å²) < 4.78 is 12.4. The van der Waals surface area contributed by atoms with Gasteiger partial charge in [-0.3, -0.25) is 4.21 Å². The van der Waals surface area contributed by atoms with Crippen LogP contribution in [0.4, 0.5) is 5.95 Å². The Bertz CT molecular complexity index is 561. The number of rotatable bonds is 6. The largest absolute Gasteiger partial charge is 0.354 e. The molecule has 0 aliphatic carbocycles. The number of halogens is 1. The maximum Gasteiger partial charge on any atom is 0.256 e. The average molecular weight is 301 g/mol. The van der Waals surface area contributed by atoms with E-state index < -0.39 is 10.8 Å². The third kappa shape index (κ3) is 4.25. The first kappa shape index (κ1) is 13.9. The number of hydrogen-bond acceptors (Lipinski definition) is 6. The Hall–Kier alpha value is -1.54. The van der Waals surface area contributed by atoms with Crippen LogP contribution in [-0.4, -0.2) is 47.5 Å². The topological polar surface area (TPSA) is 85.6 Å². The standard InChI is InChI=1S/C10H13ClN6OS/c1-19(18)7-3-4-12-9-14-8(11)15-10(16-9)17-6-2-5-13-17/h2,5-6H,3-4,7H2,1H3,(H,12,14,15,16). The van der Waals surface area contributed by atoms with Crippen molar-refractivity contribution in [1.29, 1.82) is 0 Å². The van der Waals surface area contributed by atoms with E-state index in [4.69, 9.17) is 11.6 Å². The predicted octanol–water partition coefficient (Wildman–Crippen LogP) is 0.891. The Morgan fingerprint density at radius 2 is 2.26 bits per heavy atom. The van der Waals surface area contributed by atoms with Gasteiger partial charge in [0.25, 0.3) is 5.95 Å². The Kier molecular flexibility index (Phi) is 4.80. The zero-order chi connectivity index (χ0) is 13.7. The van der Waals surface area contributed by atoms with Crippen molar-refractivity contribution in [2.45, 2.75) is 6.42 Å². The number of hydrogen-bond donors (Lipinski definition) is 1. The number of nitrogens with one attached hydrogen (secondary N) is 1. The molecular formula is C10H13ClN6OS. The Morgan fingerprint density at radius 3 is 2.95 bits per heavy atom. The minimum absolute atomic E-state index is 0.0991. The average Bonchev–Trinajstić information content (AvgIpc) is 2.87. The van der Waals surface area contributed by atoms with Crippen molar-refractivity contribution >= 4 is 28.3 Å². The highest BCUT2D eigenvalue weighted by atomic mass is 35.5. The summed E-state index contributed by atoms with van der Waals surface area (Å²) in [4.78, 5) is 12.2. The molecule has 0 spiro atoms. The van der Waals surface area contributed by atoms with Gasteiger partial charge in [-0.2, -0.15) is 20.1 Å². The summed E-state index contributed by atoms with van der Waals surface area (Å²) >= 11 is 5.84. The van der Waals surface area contributed by atoms with Gasteiger partial charge in [-0.25, -0.2) is 4.68 Å². The fourth-order valence-electron chi connectivity index (χ4n) is 1.38. The summed E-state index contributed by atoms with van der Waals surface area (Å²) in [6.45, 7) is 0.623. The lowest BCUT2D eigenvalue weighted by atomic mass is 10.5. The summed E-state index contributed by atoms with van der Waals surface area (Å²) in [5.74, 6) is 1.37. The molecule has 0 radical (unpaired) electrons. The molecule has 1 N–H and O–H groups in total. The molecule has 102 valence electrons. The molecule has 0 aromatic carbocycles. The van der Waals surface area contributed by atoms with Crippen molar-refractivity contribution in [3.63, 3.8) is 0 Å². The lowest BCUT2D eigenvalue weighted by Crippen LogP contribution is -2.11. The van der Waals surface area contributed by atoms with Crippen LogP contribution in [0.3, 0.4) is 0 Å². The molecule has 2 heterocycles. The molecule has 2 rings (SSSR count). The molecule has 2 aromatic heterocycles. The molecular weight excluding hydrogens is 288 g/mol. The van der Waals surface area contributed by atoms with E-state index in [0.29, 0.717) is 24.2 Å². The van der Waals surface area contributed by atoms with Crippen LogP contribution in [0.5, 0.6) is 0 Å². The van der Waals surface area contributed by atoms with Gasteiger partial charge in [-0.1, -0.05) is 0 Å². The molecule has 0 fully saturated rings. The van der Waals surface area contributed by atoms with Crippen LogP contribution in [0.1, 0.15) is 6.42 Å². The van der Waals surface area contributed by atoms with Gasteiger partial charge in [-0.15, -0.1) is 0 Å². The molecule has 2 aromatic rings. The van der Waals surface area contributed by atoms with E-state index in [0.717, 1.165) is 6.42 Å². The van der Waals surface area contributed by atoms with Crippen molar-refractivity contribution in [3.8, 4) is 5.95 Å². The van der Waals surface area contributed by atoms with Crippen LogP contribution in [0.15, 0.2) is 18.5 Å².